The maximum atomic E-state index is 13.6. The second kappa shape index (κ2) is 10.5. The summed E-state index contributed by atoms with van der Waals surface area (Å²) in [5.74, 6) is 1.46. The Morgan fingerprint density at radius 3 is 2.51 bits per heavy atom. The van der Waals surface area contributed by atoms with Crippen molar-refractivity contribution in [2.45, 2.75) is 19.6 Å². The number of nitrogens with one attached hydrogen (secondary N) is 2. The fourth-order valence-corrected chi connectivity index (χ4v) is 4.71. The molecule has 0 spiro atoms. The second-order valence-corrected chi connectivity index (χ2v) is 9.12. The van der Waals surface area contributed by atoms with Crippen LogP contribution in [0.4, 0.5) is 11.6 Å². The van der Waals surface area contributed by atoms with Crippen molar-refractivity contribution in [2.24, 2.45) is 0 Å². The molecule has 0 bridgehead atoms. The zero-order valence-corrected chi connectivity index (χ0v) is 21.5. The van der Waals surface area contributed by atoms with E-state index in [9.17, 15) is 4.79 Å². The number of anilines is 2. The molecule has 37 heavy (non-hydrogen) atoms. The lowest BCUT2D eigenvalue weighted by atomic mass is 9.95. The van der Waals surface area contributed by atoms with Crippen molar-refractivity contribution in [3.05, 3.63) is 105 Å². The van der Waals surface area contributed by atoms with E-state index in [1.54, 1.807) is 42.1 Å². The minimum Gasteiger partial charge on any atom is -0.495 e. The van der Waals surface area contributed by atoms with Crippen LogP contribution in [0.2, 0.25) is 10.0 Å². The number of ether oxygens (including phenoxy) is 2. The highest BCUT2D eigenvalue weighted by molar-refractivity contribution is 6.35. The van der Waals surface area contributed by atoms with Crippen LogP contribution < -0.4 is 20.1 Å². The predicted octanol–water partition coefficient (Wildman–Crippen LogP) is 6.10. The summed E-state index contributed by atoms with van der Waals surface area (Å²) in [7, 11) is 1.56. The lowest BCUT2D eigenvalue weighted by Crippen LogP contribution is -2.31. The van der Waals surface area contributed by atoms with Crippen molar-refractivity contribution in [1.29, 1.82) is 0 Å². The standard InChI is InChI=1S/C27H23Cl2N5O3/c1-16-24(26(35)33-22-8-3-4-9-23(22)36-2)25(34-27(32-16)30-15-31-34)17-10-12-18(13-11-17)37-14-19-20(28)6-5-7-21(19)29/h3-13,15,25H,14H2,1-2H3,(H,33,35)(H,30,31,32)/t25-/m0/s1. The van der Waals surface area contributed by atoms with Gasteiger partial charge in [-0.3, -0.25) is 4.79 Å². The monoisotopic (exact) mass is 535 g/mol. The molecule has 0 saturated carbocycles. The largest absolute Gasteiger partial charge is 0.495 e. The van der Waals surface area contributed by atoms with E-state index in [1.165, 1.54) is 6.33 Å². The third-order valence-corrected chi connectivity index (χ3v) is 6.74. The number of carbonyl (C=O) groups is 1. The Morgan fingerprint density at radius 2 is 1.78 bits per heavy atom. The molecule has 0 radical (unpaired) electrons. The molecule has 8 nitrogen and oxygen atoms in total. The number of hydrogen-bond donors (Lipinski definition) is 2. The molecular formula is C27H23Cl2N5O3. The smallest absolute Gasteiger partial charge is 0.255 e. The third-order valence-electron chi connectivity index (χ3n) is 6.03. The molecule has 4 aromatic rings. The minimum atomic E-state index is -0.513. The lowest BCUT2D eigenvalue weighted by molar-refractivity contribution is -0.113. The average molecular weight is 536 g/mol. The van der Waals surface area contributed by atoms with Crippen LogP contribution in [-0.4, -0.2) is 27.8 Å². The lowest BCUT2D eigenvalue weighted by Gasteiger charge is -2.29. The number of allylic oxidation sites excluding steroid dienone is 1. The van der Waals surface area contributed by atoms with Crippen LogP contribution in [0, 0.1) is 0 Å². The fraction of sp³-hybridized carbons (Fsp3) is 0.148. The van der Waals surface area contributed by atoms with E-state index in [-0.39, 0.29) is 12.5 Å². The Morgan fingerprint density at radius 1 is 1.05 bits per heavy atom. The van der Waals surface area contributed by atoms with Gasteiger partial charge in [0.25, 0.3) is 5.91 Å². The molecule has 0 aliphatic carbocycles. The zero-order chi connectivity index (χ0) is 25.9. The van der Waals surface area contributed by atoms with Crippen molar-refractivity contribution in [1.82, 2.24) is 14.8 Å². The molecule has 1 aromatic heterocycles. The highest BCUT2D eigenvalue weighted by Gasteiger charge is 2.33. The number of amides is 1. The highest BCUT2D eigenvalue weighted by Crippen LogP contribution is 2.36. The molecule has 0 unspecified atom stereocenters. The van der Waals surface area contributed by atoms with Crippen molar-refractivity contribution < 1.29 is 14.3 Å². The van der Waals surface area contributed by atoms with Gasteiger partial charge in [0.1, 0.15) is 30.5 Å². The van der Waals surface area contributed by atoms with Crippen LogP contribution in [0.25, 0.3) is 0 Å². The van der Waals surface area contributed by atoms with Gasteiger partial charge in [-0.05, 0) is 48.9 Å². The topological polar surface area (TPSA) is 90.3 Å². The van der Waals surface area contributed by atoms with Crippen molar-refractivity contribution in [2.75, 3.05) is 17.7 Å². The van der Waals surface area contributed by atoms with Gasteiger partial charge < -0.3 is 20.1 Å². The first-order valence-electron chi connectivity index (χ1n) is 11.4. The maximum Gasteiger partial charge on any atom is 0.255 e. The summed E-state index contributed by atoms with van der Waals surface area (Å²) in [6.45, 7) is 2.07. The quantitative estimate of drug-likeness (QED) is 0.297. The number of hydrogen-bond acceptors (Lipinski definition) is 6. The van der Waals surface area contributed by atoms with Crippen LogP contribution in [-0.2, 0) is 11.4 Å². The molecule has 10 heteroatoms. The number of halogens is 2. The van der Waals surface area contributed by atoms with Gasteiger partial charge in [0.15, 0.2) is 0 Å². The normalized spacial score (nSPS) is 14.5. The van der Waals surface area contributed by atoms with Gasteiger partial charge in [0.2, 0.25) is 5.95 Å². The number of fused-ring (bicyclic) bond motifs is 1. The highest BCUT2D eigenvalue weighted by atomic mass is 35.5. The number of nitrogens with zero attached hydrogens (tertiary/aromatic N) is 3. The van der Waals surface area contributed by atoms with Crippen molar-refractivity contribution in [3.63, 3.8) is 0 Å². The summed E-state index contributed by atoms with van der Waals surface area (Å²) in [6, 6.07) is 19.5. The molecule has 1 amide bonds. The van der Waals surface area contributed by atoms with Crippen LogP contribution in [0.3, 0.4) is 0 Å². The van der Waals surface area contributed by atoms with Gasteiger partial charge in [-0.1, -0.05) is 53.5 Å². The molecule has 3 aromatic carbocycles. The van der Waals surface area contributed by atoms with Gasteiger partial charge in [0, 0.05) is 21.3 Å². The van der Waals surface area contributed by atoms with E-state index >= 15 is 0 Å². The number of benzene rings is 3. The average Bonchev–Trinajstić information content (AvgIpc) is 3.36. The van der Waals surface area contributed by atoms with Crippen LogP contribution in [0.5, 0.6) is 11.5 Å². The Kier molecular flexibility index (Phi) is 7.03. The minimum absolute atomic E-state index is 0.226. The molecule has 188 valence electrons. The summed E-state index contributed by atoms with van der Waals surface area (Å²) in [4.78, 5) is 17.9. The number of para-hydroxylation sites is 2. The van der Waals surface area contributed by atoms with E-state index in [0.717, 1.165) is 11.1 Å². The summed E-state index contributed by atoms with van der Waals surface area (Å²) in [6.07, 6.45) is 1.45. The first-order chi connectivity index (χ1) is 18.0. The number of carbonyl (C=O) groups excluding carboxylic acids is 1. The molecule has 2 N–H and O–H groups in total. The van der Waals surface area contributed by atoms with Gasteiger partial charge in [-0.2, -0.15) is 10.1 Å². The predicted molar refractivity (Wildman–Crippen MR) is 143 cm³/mol. The SMILES string of the molecule is COc1ccccc1NC(=O)C1=C(C)Nc2ncnn2[C@H]1c1ccc(OCc2c(Cl)cccc2Cl)cc1. The first-order valence-corrected chi connectivity index (χ1v) is 12.2. The molecule has 1 aliphatic rings. The fourth-order valence-electron chi connectivity index (χ4n) is 4.20. The number of aromatic nitrogens is 3. The van der Waals surface area contributed by atoms with Gasteiger partial charge in [-0.25, -0.2) is 4.68 Å². The molecule has 1 atom stereocenters. The van der Waals surface area contributed by atoms with Crippen LogP contribution in [0.15, 0.2) is 84.3 Å². The first kappa shape index (κ1) is 24.7. The maximum absolute atomic E-state index is 13.6. The Bertz CT molecular complexity index is 1460. The molecule has 0 saturated heterocycles. The Hall–Kier alpha value is -4.01. The van der Waals surface area contributed by atoms with Crippen molar-refractivity contribution >= 4 is 40.7 Å². The van der Waals surface area contributed by atoms with E-state index in [4.69, 9.17) is 32.7 Å². The summed E-state index contributed by atoms with van der Waals surface area (Å²) < 4.78 is 13.0. The summed E-state index contributed by atoms with van der Waals surface area (Å²) in [5.41, 5.74) is 3.29. The van der Waals surface area contributed by atoms with E-state index < -0.39 is 6.04 Å². The van der Waals surface area contributed by atoms with Crippen LogP contribution in [0.1, 0.15) is 24.1 Å². The number of methoxy groups -OCH3 is 1. The molecule has 2 heterocycles. The van der Waals surface area contributed by atoms with Crippen LogP contribution >= 0.6 is 23.2 Å². The second-order valence-electron chi connectivity index (χ2n) is 8.31. The Balaban J connectivity index is 1.43. The summed E-state index contributed by atoms with van der Waals surface area (Å²) >= 11 is 12.5. The number of rotatable bonds is 7. The van der Waals surface area contributed by atoms with E-state index in [1.807, 2.05) is 43.3 Å². The molecule has 0 fully saturated rings. The van der Waals surface area contributed by atoms with E-state index in [0.29, 0.717) is 44.5 Å². The molecule has 5 rings (SSSR count). The van der Waals surface area contributed by atoms with E-state index in [2.05, 4.69) is 20.7 Å². The van der Waals surface area contributed by atoms with Gasteiger partial charge in [0.05, 0.1) is 18.4 Å². The van der Waals surface area contributed by atoms with Gasteiger partial charge >= 0.3 is 0 Å². The zero-order valence-electron chi connectivity index (χ0n) is 20.0. The van der Waals surface area contributed by atoms with Gasteiger partial charge in [-0.15, -0.1) is 0 Å². The third kappa shape index (κ3) is 4.98. The molecular weight excluding hydrogens is 513 g/mol. The summed E-state index contributed by atoms with van der Waals surface area (Å²) in [5, 5.41) is 11.6. The van der Waals surface area contributed by atoms with Crippen molar-refractivity contribution in [3.8, 4) is 11.5 Å². The molecule has 1 aliphatic heterocycles. The Labute approximate surface area is 223 Å².